The Hall–Kier alpha value is -1.26. The number of rotatable bonds is 7. The SMILES string of the molecule is COc1ccc(OCCNCC2CCOC2)cc1. The summed E-state index contributed by atoms with van der Waals surface area (Å²) in [6, 6.07) is 7.64. The van der Waals surface area contributed by atoms with Gasteiger partial charge in [0.05, 0.1) is 13.7 Å². The summed E-state index contributed by atoms with van der Waals surface area (Å²) in [5, 5.41) is 3.39. The molecule has 18 heavy (non-hydrogen) atoms. The van der Waals surface area contributed by atoms with E-state index in [0.29, 0.717) is 12.5 Å². The lowest BCUT2D eigenvalue weighted by Crippen LogP contribution is -2.27. The van der Waals surface area contributed by atoms with Crippen molar-refractivity contribution in [2.75, 3.05) is 40.0 Å². The first-order chi connectivity index (χ1) is 8.88. The van der Waals surface area contributed by atoms with Crippen LogP contribution in [0.1, 0.15) is 6.42 Å². The lowest BCUT2D eigenvalue weighted by Gasteiger charge is -2.10. The van der Waals surface area contributed by atoms with Crippen LogP contribution in [0.4, 0.5) is 0 Å². The second kappa shape index (κ2) is 7.24. The molecule has 1 saturated heterocycles. The third kappa shape index (κ3) is 4.20. The number of methoxy groups -OCH3 is 1. The third-order valence-corrected chi connectivity index (χ3v) is 3.06. The van der Waals surface area contributed by atoms with E-state index in [1.807, 2.05) is 24.3 Å². The van der Waals surface area contributed by atoms with Gasteiger partial charge in [-0.1, -0.05) is 0 Å². The maximum Gasteiger partial charge on any atom is 0.119 e. The number of hydrogen-bond acceptors (Lipinski definition) is 4. The molecule has 4 nitrogen and oxygen atoms in total. The van der Waals surface area contributed by atoms with E-state index in [-0.39, 0.29) is 0 Å². The predicted molar refractivity (Wildman–Crippen MR) is 70.3 cm³/mol. The van der Waals surface area contributed by atoms with E-state index in [1.165, 1.54) is 6.42 Å². The largest absolute Gasteiger partial charge is 0.497 e. The van der Waals surface area contributed by atoms with Crippen LogP contribution in [0.3, 0.4) is 0 Å². The molecule has 1 fully saturated rings. The van der Waals surface area contributed by atoms with E-state index in [9.17, 15) is 0 Å². The van der Waals surface area contributed by atoms with Crippen LogP contribution in [0.25, 0.3) is 0 Å². The van der Waals surface area contributed by atoms with Crippen molar-refractivity contribution in [1.29, 1.82) is 0 Å². The average Bonchev–Trinajstić information content (AvgIpc) is 2.92. The summed E-state index contributed by atoms with van der Waals surface area (Å²) in [4.78, 5) is 0. The quantitative estimate of drug-likeness (QED) is 0.749. The molecule has 1 heterocycles. The second-order valence-corrected chi connectivity index (χ2v) is 4.46. The van der Waals surface area contributed by atoms with Gasteiger partial charge < -0.3 is 19.5 Å². The Morgan fingerprint density at radius 1 is 1.28 bits per heavy atom. The zero-order chi connectivity index (χ0) is 12.6. The molecule has 0 spiro atoms. The van der Waals surface area contributed by atoms with Crippen LogP contribution in [0.5, 0.6) is 11.5 Å². The van der Waals surface area contributed by atoms with E-state index in [1.54, 1.807) is 7.11 Å². The zero-order valence-corrected chi connectivity index (χ0v) is 10.9. The standard InChI is InChI=1S/C14H21NO3/c1-16-13-2-4-14(5-3-13)18-9-7-15-10-12-6-8-17-11-12/h2-5,12,15H,6-11H2,1H3. The first kappa shape index (κ1) is 13.2. The van der Waals surface area contributed by atoms with Crippen LogP contribution in [0, 0.1) is 5.92 Å². The molecule has 1 unspecified atom stereocenters. The van der Waals surface area contributed by atoms with Crippen molar-refractivity contribution in [3.05, 3.63) is 24.3 Å². The van der Waals surface area contributed by atoms with Gasteiger partial charge in [-0.3, -0.25) is 0 Å². The Kier molecular flexibility index (Phi) is 5.30. The molecule has 0 aliphatic carbocycles. The van der Waals surface area contributed by atoms with Crippen LogP contribution < -0.4 is 14.8 Å². The predicted octanol–water partition coefficient (Wildman–Crippen LogP) is 1.70. The summed E-state index contributed by atoms with van der Waals surface area (Å²) in [6.07, 6.45) is 1.17. The third-order valence-electron chi connectivity index (χ3n) is 3.06. The normalized spacial score (nSPS) is 18.8. The second-order valence-electron chi connectivity index (χ2n) is 4.46. The summed E-state index contributed by atoms with van der Waals surface area (Å²) in [6.45, 7) is 4.37. The Morgan fingerprint density at radius 3 is 2.72 bits per heavy atom. The molecule has 2 rings (SSSR count). The fourth-order valence-electron chi connectivity index (χ4n) is 1.96. The summed E-state index contributed by atoms with van der Waals surface area (Å²) >= 11 is 0. The van der Waals surface area contributed by atoms with Crippen molar-refractivity contribution < 1.29 is 14.2 Å². The average molecular weight is 251 g/mol. The fraction of sp³-hybridized carbons (Fsp3) is 0.571. The zero-order valence-electron chi connectivity index (χ0n) is 10.9. The Bertz CT molecular complexity index is 333. The van der Waals surface area contributed by atoms with Crippen LogP contribution in [-0.4, -0.2) is 40.0 Å². The van der Waals surface area contributed by atoms with E-state index in [2.05, 4.69) is 5.32 Å². The van der Waals surface area contributed by atoms with Crippen molar-refractivity contribution in [3.63, 3.8) is 0 Å². The molecule has 1 N–H and O–H groups in total. The molecule has 0 amide bonds. The fourth-order valence-corrected chi connectivity index (χ4v) is 1.96. The number of ether oxygens (including phenoxy) is 3. The van der Waals surface area contributed by atoms with Crippen LogP contribution >= 0.6 is 0 Å². The molecular weight excluding hydrogens is 230 g/mol. The van der Waals surface area contributed by atoms with Gasteiger partial charge in [0.1, 0.15) is 18.1 Å². The van der Waals surface area contributed by atoms with Crippen molar-refractivity contribution in [1.82, 2.24) is 5.32 Å². The van der Waals surface area contributed by atoms with E-state index in [0.717, 1.165) is 37.8 Å². The number of nitrogens with one attached hydrogen (secondary N) is 1. The summed E-state index contributed by atoms with van der Waals surface area (Å²) in [5.41, 5.74) is 0. The highest BCUT2D eigenvalue weighted by Crippen LogP contribution is 2.16. The maximum atomic E-state index is 5.62. The molecular formula is C14H21NO3. The van der Waals surface area contributed by atoms with Crippen LogP contribution in [-0.2, 0) is 4.74 Å². The smallest absolute Gasteiger partial charge is 0.119 e. The van der Waals surface area contributed by atoms with Gasteiger partial charge in [0.2, 0.25) is 0 Å². The van der Waals surface area contributed by atoms with Crippen LogP contribution in [0.2, 0.25) is 0 Å². The monoisotopic (exact) mass is 251 g/mol. The molecule has 1 aromatic carbocycles. The Morgan fingerprint density at radius 2 is 2.06 bits per heavy atom. The Labute approximate surface area is 108 Å². The van der Waals surface area contributed by atoms with Gasteiger partial charge in [0, 0.05) is 19.7 Å². The molecule has 1 aliphatic heterocycles. The van der Waals surface area contributed by atoms with Gasteiger partial charge in [0.25, 0.3) is 0 Å². The van der Waals surface area contributed by atoms with Gasteiger partial charge in [-0.25, -0.2) is 0 Å². The minimum atomic E-state index is 0.672. The van der Waals surface area contributed by atoms with E-state index in [4.69, 9.17) is 14.2 Å². The summed E-state index contributed by atoms with van der Waals surface area (Å²) in [5.74, 6) is 2.40. The van der Waals surface area contributed by atoms with Gasteiger partial charge in [-0.05, 0) is 36.6 Å². The highest BCUT2D eigenvalue weighted by Gasteiger charge is 2.14. The van der Waals surface area contributed by atoms with Crippen molar-refractivity contribution in [2.45, 2.75) is 6.42 Å². The van der Waals surface area contributed by atoms with E-state index < -0.39 is 0 Å². The molecule has 0 bridgehead atoms. The Balaban J connectivity index is 1.56. The van der Waals surface area contributed by atoms with Crippen LogP contribution in [0.15, 0.2) is 24.3 Å². The topological polar surface area (TPSA) is 39.7 Å². The first-order valence-corrected chi connectivity index (χ1v) is 6.44. The van der Waals surface area contributed by atoms with Gasteiger partial charge in [-0.2, -0.15) is 0 Å². The maximum absolute atomic E-state index is 5.62. The molecule has 0 saturated carbocycles. The number of hydrogen-bond donors (Lipinski definition) is 1. The summed E-state index contributed by atoms with van der Waals surface area (Å²) in [7, 11) is 1.66. The lowest BCUT2D eigenvalue weighted by atomic mass is 10.1. The molecule has 4 heteroatoms. The summed E-state index contributed by atoms with van der Waals surface area (Å²) < 4.78 is 16.0. The molecule has 1 aromatic rings. The van der Waals surface area contributed by atoms with Crippen molar-refractivity contribution >= 4 is 0 Å². The highest BCUT2D eigenvalue weighted by molar-refractivity contribution is 5.31. The highest BCUT2D eigenvalue weighted by atomic mass is 16.5. The van der Waals surface area contributed by atoms with Gasteiger partial charge in [0.15, 0.2) is 0 Å². The minimum absolute atomic E-state index is 0.672. The molecule has 1 atom stereocenters. The molecule has 1 aliphatic rings. The van der Waals surface area contributed by atoms with Gasteiger partial charge in [-0.15, -0.1) is 0 Å². The minimum Gasteiger partial charge on any atom is -0.497 e. The van der Waals surface area contributed by atoms with Crippen molar-refractivity contribution in [3.8, 4) is 11.5 Å². The van der Waals surface area contributed by atoms with E-state index >= 15 is 0 Å². The molecule has 100 valence electrons. The first-order valence-electron chi connectivity index (χ1n) is 6.44. The molecule has 0 radical (unpaired) electrons. The van der Waals surface area contributed by atoms with Gasteiger partial charge >= 0.3 is 0 Å². The van der Waals surface area contributed by atoms with Crippen molar-refractivity contribution in [2.24, 2.45) is 5.92 Å². The molecule has 0 aromatic heterocycles. The number of benzene rings is 1. The lowest BCUT2D eigenvalue weighted by molar-refractivity contribution is 0.185.